The monoisotopic (exact) mass is 779 g/mol. The van der Waals surface area contributed by atoms with Crippen LogP contribution >= 0.6 is 0 Å². The van der Waals surface area contributed by atoms with Crippen LogP contribution in [0.15, 0.2) is 35.1 Å². The Hall–Kier alpha value is -4.51. The summed E-state index contributed by atoms with van der Waals surface area (Å²) < 4.78 is 47.4. The number of ether oxygens (including phenoxy) is 3. The second kappa shape index (κ2) is 18.2. The van der Waals surface area contributed by atoms with Crippen LogP contribution in [0.25, 0.3) is 10.9 Å². The van der Waals surface area contributed by atoms with E-state index in [1.54, 1.807) is 19.2 Å². The first kappa shape index (κ1) is 39.7. The number of aromatic nitrogens is 2. The van der Waals surface area contributed by atoms with Crippen molar-refractivity contribution < 1.29 is 37.4 Å². The maximum atomic E-state index is 15.1. The van der Waals surface area contributed by atoms with Gasteiger partial charge in [0.25, 0.3) is 5.56 Å². The summed E-state index contributed by atoms with van der Waals surface area (Å²) in [4.78, 5) is 62.8. The molecule has 0 radical (unpaired) electrons. The maximum Gasteiger partial charge on any atom is 0.261 e. The summed E-state index contributed by atoms with van der Waals surface area (Å²) in [7, 11) is 1.59. The molecule has 7 rings (SSSR count). The van der Waals surface area contributed by atoms with Gasteiger partial charge in [-0.25, -0.2) is 13.8 Å². The zero-order valence-corrected chi connectivity index (χ0v) is 31.8. The minimum absolute atomic E-state index is 0.0393. The normalized spacial score (nSPS) is 20.9. The topological polar surface area (TPSA) is 158 Å². The standard InChI is InChI=1S/C40H51F2N7O7/c1-47(34-4-2-27(20-30(34)41)43-32-3-5-36(50)46-38(32)51)40(53)26-8-14-49(15-9-26)17-16-48-12-6-25(7-13-48)23-55-29-21-31(42)37-33(22-29)44-35(45-39(37)52)24-56-28-10-18-54-19-11-28/h2,4,20-22,25-26,28,32,43H,3,5-19,23-24H2,1H3,(H,44,45,52)(H,46,50,51). The molecule has 1 unspecified atom stereocenters. The van der Waals surface area contributed by atoms with Crippen molar-refractivity contribution in [2.45, 2.75) is 70.1 Å². The molecule has 0 saturated carbocycles. The van der Waals surface area contributed by atoms with Crippen molar-refractivity contribution in [2.24, 2.45) is 11.8 Å². The fraction of sp³-hybridized carbons (Fsp3) is 0.575. The van der Waals surface area contributed by atoms with Crippen LogP contribution in [0, 0.1) is 23.5 Å². The van der Waals surface area contributed by atoms with Crippen LogP contribution in [0.5, 0.6) is 5.75 Å². The van der Waals surface area contributed by atoms with E-state index >= 15 is 4.39 Å². The highest BCUT2D eigenvalue weighted by atomic mass is 19.1. The lowest BCUT2D eigenvalue weighted by Gasteiger charge is -2.36. The summed E-state index contributed by atoms with van der Waals surface area (Å²) in [6.07, 6.45) is 5.46. The number of piperidine rings is 3. The molecular weight excluding hydrogens is 728 g/mol. The van der Waals surface area contributed by atoms with Crippen molar-refractivity contribution in [1.82, 2.24) is 25.1 Å². The summed E-state index contributed by atoms with van der Waals surface area (Å²) >= 11 is 0. The molecule has 2 aromatic carbocycles. The van der Waals surface area contributed by atoms with E-state index in [2.05, 4.69) is 30.4 Å². The molecular formula is C40H51F2N7O7. The molecule has 302 valence electrons. The van der Waals surface area contributed by atoms with Crippen LogP contribution in [0.2, 0.25) is 0 Å². The number of anilines is 2. The van der Waals surface area contributed by atoms with Crippen molar-refractivity contribution in [3.8, 4) is 5.75 Å². The molecule has 5 heterocycles. The van der Waals surface area contributed by atoms with Gasteiger partial charge in [0.05, 0.1) is 23.9 Å². The van der Waals surface area contributed by atoms with E-state index < -0.39 is 29.1 Å². The quantitative estimate of drug-likeness (QED) is 0.218. The minimum Gasteiger partial charge on any atom is -0.493 e. The summed E-state index contributed by atoms with van der Waals surface area (Å²) in [5, 5.41) is 5.16. The number of rotatable bonds is 13. The Kier molecular flexibility index (Phi) is 12.9. The third kappa shape index (κ3) is 9.89. The molecule has 3 aromatic rings. The van der Waals surface area contributed by atoms with Crippen molar-refractivity contribution in [1.29, 1.82) is 0 Å². The molecule has 1 atom stereocenters. The predicted molar refractivity (Wildman–Crippen MR) is 204 cm³/mol. The van der Waals surface area contributed by atoms with E-state index in [4.69, 9.17) is 14.2 Å². The summed E-state index contributed by atoms with van der Waals surface area (Å²) in [5.74, 6) is -1.28. The molecule has 56 heavy (non-hydrogen) atoms. The number of hydrogen-bond donors (Lipinski definition) is 3. The van der Waals surface area contributed by atoms with Gasteiger partial charge in [-0.1, -0.05) is 0 Å². The number of halogens is 2. The first-order valence-electron chi connectivity index (χ1n) is 19.8. The van der Waals surface area contributed by atoms with Gasteiger partial charge in [0.15, 0.2) is 0 Å². The Morgan fingerprint density at radius 3 is 2.36 bits per heavy atom. The number of carbonyl (C=O) groups is 3. The highest BCUT2D eigenvalue weighted by molar-refractivity contribution is 6.01. The Bertz CT molecular complexity index is 1940. The maximum absolute atomic E-state index is 15.1. The van der Waals surface area contributed by atoms with Gasteiger partial charge in [-0.3, -0.25) is 24.5 Å². The number of amides is 3. The zero-order valence-electron chi connectivity index (χ0n) is 31.8. The van der Waals surface area contributed by atoms with Gasteiger partial charge in [0, 0.05) is 63.5 Å². The smallest absolute Gasteiger partial charge is 0.261 e. The van der Waals surface area contributed by atoms with Gasteiger partial charge in [-0.15, -0.1) is 0 Å². The van der Waals surface area contributed by atoms with Gasteiger partial charge in [0.2, 0.25) is 17.7 Å². The van der Waals surface area contributed by atoms with Gasteiger partial charge >= 0.3 is 0 Å². The van der Waals surface area contributed by atoms with E-state index in [9.17, 15) is 23.6 Å². The fourth-order valence-electron chi connectivity index (χ4n) is 8.01. The van der Waals surface area contributed by atoms with Gasteiger partial charge in [-0.2, -0.15) is 0 Å². The van der Waals surface area contributed by atoms with Gasteiger partial charge in [0.1, 0.15) is 41.2 Å². The highest BCUT2D eigenvalue weighted by Crippen LogP contribution is 2.28. The molecule has 1 aromatic heterocycles. The molecule has 14 nitrogen and oxygen atoms in total. The van der Waals surface area contributed by atoms with Crippen LogP contribution < -0.4 is 25.8 Å². The molecule has 4 aliphatic rings. The van der Waals surface area contributed by atoms with Crippen molar-refractivity contribution in [2.75, 3.05) is 76.4 Å². The molecule has 0 aliphatic carbocycles. The second-order valence-electron chi connectivity index (χ2n) is 15.4. The first-order chi connectivity index (χ1) is 27.1. The average Bonchev–Trinajstić information content (AvgIpc) is 3.20. The predicted octanol–water partition coefficient (Wildman–Crippen LogP) is 3.58. The first-order valence-corrected chi connectivity index (χ1v) is 19.8. The summed E-state index contributed by atoms with van der Waals surface area (Å²) in [6.45, 7) is 7.13. The lowest BCUT2D eigenvalue weighted by Crippen LogP contribution is -2.47. The lowest BCUT2D eigenvalue weighted by molar-refractivity contribution is -0.133. The van der Waals surface area contributed by atoms with E-state index in [1.165, 1.54) is 23.1 Å². The number of imide groups is 1. The number of benzene rings is 2. The highest BCUT2D eigenvalue weighted by Gasteiger charge is 2.30. The van der Waals surface area contributed by atoms with Crippen molar-refractivity contribution in [3.05, 3.63) is 58.1 Å². The van der Waals surface area contributed by atoms with Crippen LogP contribution in [0.4, 0.5) is 20.2 Å². The second-order valence-corrected chi connectivity index (χ2v) is 15.4. The van der Waals surface area contributed by atoms with E-state index in [-0.39, 0.29) is 53.5 Å². The van der Waals surface area contributed by atoms with Crippen LogP contribution in [-0.4, -0.2) is 116 Å². The molecule has 4 fully saturated rings. The van der Waals surface area contributed by atoms with Gasteiger partial charge < -0.3 is 39.2 Å². The molecule has 16 heteroatoms. The lowest BCUT2D eigenvalue weighted by atomic mass is 9.95. The van der Waals surface area contributed by atoms with Crippen molar-refractivity contribution >= 4 is 40.0 Å². The number of nitrogens with zero attached hydrogens (tertiary/aromatic N) is 4. The Morgan fingerprint density at radius 1 is 0.946 bits per heavy atom. The van der Waals surface area contributed by atoms with Crippen LogP contribution in [-0.2, 0) is 30.5 Å². The van der Waals surface area contributed by atoms with Crippen LogP contribution in [0.1, 0.15) is 57.2 Å². The number of fused-ring (bicyclic) bond motifs is 1. The number of H-pyrrole nitrogens is 1. The third-order valence-electron chi connectivity index (χ3n) is 11.5. The van der Waals surface area contributed by atoms with Crippen molar-refractivity contribution in [3.63, 3.8) is 0 Å². The van der Waals surface area contributed by atoms with Crippen LogP contribution in [0.3, 0.4) is 0 Å². The average molecular weight is 780 g/mol. The molecule has 4 saturated heterocycles. The van der Waals surface area contributed by atoms with E-state index in [0.29, 0.717) is 62.3 Å². The molecule has 3 amide bonds. The summed E-state index contributed by atoms with van der Waals surface area (Å²) in [5.41, 5.74) is 0.289. The number of likely N-dealkylation sites (tertiary alicyclic amines) is 2. The Balaban J connectivity index is 0.812. The van der Waals surface area contributed by atoms with Gasteiger partial charge in [-0.05, 0) is 95.2 Å². The number of aromatic amines is 1. The largest absolute Gasteiger partial charge is 0.493 e. The SMILES string of the molecule is CN(C(=O)C1CCN(CCN2CCC(COc3cc(F)c4c(=O)[nH]c(COC5CCOCC5)nc4c3)CC2)CC1)c1ccc(NC2CCC(=O)NC2=O)cc1F. The molecule has 3 N–H and O–H groups in total. The molecule has 4 aliphatic heterocycles. The zero-order chi connectivity index (χ0) is 39.2. The number of nitrogens with one attached hydrogen (secondary N) is 3. The fourth-order valence-corrected chi connectivity index (χ4v) is 8.01. The summed E-state index contributed by atoms with van der Waals surface area (Å²) in [6, 6.07) is 6.70. The molecule has 0 spiro atoms. The third-order valence-corrected chi connectivity index (χ3v) is 11.5. The Labute approximate surface area is 324 Å². The van der Waals surface area contributed by atoms with E-state index in [1.807, 2.05) is 0 Å². The Morgan fingerprint density at radius 2 is 1.66 bits per heavy atom. The minimum atomic E-state index is -0.667. The molecule has 0 bridgehead atoms. The van der Waals surface area contributed by atoms with E-state index in [0.717, 1.165) is 65.0 Å². The number of carbonyl (C=O) groups excluding carboxylic acids is 3. The number of hydrogen-bond acceptors (Lipinski definition) is 11.